The van der Waals surface area contributed by atoms with Gasteiger partial charge in [-0.3, -0.25) is 0 Å². The summed E-state index contributed by atoms with van der Waals surface area (Å²) < 4.78 is 22.4. The number of nitrogens with two attached hydrogens (primary N) is 1. The minimum atomic E-state index is -3.35. The van der Waals surface area contributed by atoms with Gasteiger partial charge in [-0.05, 0) is 46.4 Å². The van der Waals surface area contributed by atoms with Crippen LogP contribution in [0.25, 0.3) is 0 Å². The van der Waals surface area contributed by atoms with Crippen LogP contribution in [0, 0.1) is 0 Å². The van der Waals surface area contributed by atoms with Crippen LogP contribution in [0.5, 0.6) is 0 Å². The molecule has 1 heterocycles. The summed E-state index contributed by atoms with van der Waals surface area (Å²) in [6, 6.07) is 0.282. The molecule has 0 bridgehead atoms. The minimum Gasteiger partial charge on any atom is -0.314 e. The molecule has 1 aliphatic heterocycles. The molecule has 6 heteroatoms. The Kier molecular flexibility index (Phi) is 4.51. The second-order valence-electron chi connectivity index (χ2n) is 4.48. The van der Waals surface area contributed by atoms with Crippen molar-refractivity contribution in [2.45, 2.75) is 30.6 Å². The summed E-state index contributed by atoms with van der Waals surface area (Å²) in [4.78, 5) is 2.10. The fourth-order valence-corrected chi connectivity index (χ4v) is 2.85. The number of nitrogens with one attached hydrogen (secondary N) is 1. The van der Waals surface area contributed by atoms with E-state index in [9.17, 15) is 8.42 Å². The highest BCUT2D eigenvalue weighted by atomic mass is 32.2. The number of primary sulfonamides is 1. The Labute approximate surface area is 92.1 Å². The second kappa shape index (κ2) is 5.25. The van der Waals surface area contributed by atoms with Crippen LogP contribution in [0.4, 0.5) is 0 Å². The molecular formula is C9H21N3O2S. The molecule has 1 aliphatic rings. The largest absolute Gasteiger partial charge is 0.314 e. The van der Waals surface area contributed by atoms with Crippen LogP contribution in [-0.2, 0) is 10.0 Å². The fourth-order valence-electron chi connectivity index (χ4n) is 1.90. The van der Waals surface area contributed by atoms with E-state index in [4.69, 9.17) is 5.14 Å². The first-order valence-corrected chi connectivity index (χ1v) is 6.90. The lowest BCUT2D eigenvalue weighted by atomic mass is 10.0. The maximum Gasteiger partial charge on any atom is 0.212 e. The molecule has 15 heavy (non-hydrogen) atoms. The van der Waals surface area contributed by atoms with E-state index in [0.29, 0.717) is 12.8 Å². The molecular weight excluding hydrogens is 214 g/mol. The van der Waals surface area contributed by atoms with Crippen molar-refractivity contribution in [3.63, 3.8) is 0 Å². The van der Waals surface area contributed by atoms with Gasteiger partial charge in [0.1, 0.15) is 0 Å². The van der Waals surface area contributed by atoms with Gasteiger partial charge >= 0.3 is 0 Å². The van der Waals surface area contributed by atoms with Gasteiger partial charge in [0.15, 0.2) is 0 Å². The number of hydrogen-bond donors (Lipinski definition) is 2. The van der Waals surface area contributed by atoms with Crippen LogP contribution < -0.4 is 10.5 Å². The predicted octanol–water partition coefficient (Wildman–Crippen LogP) is -0.653. The summed E-state index contributed by atoms with van der Waals surface area (Å²) in [5, 5.41) is 8.14. The first-order valence-electron chi connectivity index (χ1n) is 5.29. The van der Waals surface area contributed by atoms with E-state index in [1.54, 1.807) is 0 Å². The van der Waals surface area contributed by atoms with Crippen LogP contribution in [0.3, 0.4) is 0 Å². The lowest BCUT2D eigenvalue weighted by molar-refractivity contribution is 0.322. The Morgan fingerprint density at radius 2 is 2.13 bits per heavy atom. The summed E-state index contributed by atoms with van der Waals surface area (Å²) >= 11 is 0. The van der Waals surface area contributed by atoms with Crippen LogP contribution in [0.2, 0.25) is 0 Å². The van der Waals surface area contributed by atoms with E-state index >= 15 is 0 Å². The van der Waals surface area contributed by atoms with Gasteiger partial charge in [-0.15, -0.1) is 0 Å². The van der Waals surface area contributed by atoms with E-state index in [-0.39, 0.29) is 11.3 Å². The smallest absolute Gasteiger partial charge is 0.212 e. The molecule has 1 saturated heterocycles. The molecule has 0 aliphatic carbocycles. The molecule has 2 unspecified atom stereocenters. The van der Waals surface area contributed by atoms with E-state index in [0.717, 1.165) is 19.5 Å². The van der Waals surface area contributed by atoms with Crippen LogP contribution in [-0.4, -0.2) is 51.8 Å². The van der Waals surface area contributed by atoms with Crippen LogP contribution >= 0.6 is 0 Å². The lowest BCUT2D eigenvalue weighted by Gasteiger charge is -2.29. The molecule has 0 aromatic rings. The quantitative estimate of drug-likeness (QED) is 0.679. The van der Waals surface area contributed by atoms with Gasteiger partial charge in [0, 0.05) is 6.04 Å². The lowest BCUT2D eigenvalue weighted by Crippen LogP contribution is -2.46. The van der Waals surface area contributed by atoms with Crippen molar-refractivity contribution in [1.82, 2.24) is 10.2 Å². The van der Waals surface area contributed by atoms with E-state index in [2.05, 4.69) is 10.2 Å². The molecule has 0 radical (unpaired) electrons. The van der Waals surface area contributed by atoms with E-state index < -0.39 is 10.0 Å². The van der Waals surface area contributed by atoms with Gasteiger partial charge in [0.2, 0.25) is 10.0 Å². The fraction of sp³-hybridized carbons (Fsp3) is 1.00. The second-order valence-corrected chi connectivity index (χ2v) is 6.32. The SMILES string of the molecule is CN(C)CCC1CC(S(N)(=O)=O)CCN1. The van der Waals surface area contributed by atoms with E-state index in [1.165, 1.54) is 0 Å². The summed E-state index contributed by atoms with van der Waals surface area (Å²) in [5.41, 5.74) is 0. The van der Waals surface area contributed by atoms with Crippen molar-refractivity contribution >= 4 is 10.0 Å². The van der Waals surface area contributed by atoms with Gasteiger partial charge in [-0.1, -0.05) is 0 Å². The van der Waals surface area contributed by atoms with E-state index in [1.807, 2.05) is 14.1 Å². The van der Waals surface area contributed by atoms with Gasteiger partial charge < -0.3 is 10.2 Å². The van der Waals surface area contributed by atoms with Gasteiger partial charge in [-0.2, -0.15) is 0 Å². The van der Waals surface area contributed by atoms with Crippen molar-refractivity contribution in [2.24, 2.45) is 5.14 Å². The molecule has 1 rings (SSSR count). The maximum absolute atomic E-state index is 11.2. The topological polar surface area (TPSA) is 75.4 Å². The highest BCUT2D eigenvalue weighted by molar-refractivity contribution is 7.89. The average molecular weight is 235 g/mol. The molecule has 0 aromatic carbocycles. The Morgan fingerprint density at radius 3 is 2.67 bits per heavy atom. The molecule has 3 N–H and O–H groups in total. The third kappa shape index (κ3) is 4.46. The molecule has 0 spiro atoms. The number of piperidine rings is 1. The van der Waals surface area contributed by atoms with Crippen molar-refractivity contribution in [3.05, 3.63) is 0 Å². The number of nitrogens with zero attached hydrogens (tertiary/aromatic N) is 1. The summed E-state index contributed by atoms with van der Waals surface area (Å²) in [5.74, 6) is 0. The zero-order chi connectivity index (χ0) is 11.5. The third-order valence-corrected chi connectivity index (χ3v) is 4.19. The Hall–Kier alpha value is -0.170. The predicted molar refractivity (Wildman–Crippen MR) is 61.1 cm³/mol. The zero-order valence-electron chi connectivity index (χ0n) is 9.44. The molecule has 2 atom stereocenters. The standard InChI is InChI=1S/C9H21N3O2S/c1-12(2)6-4-8-7-9(3-5-11-8)15(10,13)14/h8-9,11H,3-7H2,1-2H3,(H2,10,13,14). The number of hydrogen-bond acceptors (Lipinski definition) is 4. The van der Waals surface area contributed by atoms with Crippen molar-refractivity contribution in [1.29, 1.82) is 0 Å². The van der Waals surface area contributed by atoms with Crippen LogP contribution in [0.1, 0.15) is 19.3 Å². The van der Waals surface area contributed by atoms with Crippen molar-refractivity contribution in [3.8, 4) is 0 Å². The first kappa shape index (κ1) is 12.9. The Morgan fingerprint density at radius 1 is 1.47 bits per heavy atom. The maximum atomic E-state index is 11.2. The molecule has 0 saturated carbocycles. The zero-order valence-corrected chi connectivity index (χ0v) is 10.3. The molecule has 90 valence electrons. The Balaban J connectivity index is 2.43. The highest BCUT2D eigenvalue weighted by Gasteiger charge is 2.28. The average Bonchev–Trinajstić information content (AvgIpc) is 2.14. The Bertz CT molecular complexity index is 290. The number of rotatable bonds is 4. The highest BCUT2D eigenvalue weighted by Crippen LogP contribution is 2.16. The molecule has 1 fully saturated rings. The summed E-state index contributed by atoms with van der Waals surface area (Å²) in [6.07, 6.45) is 2.25. The molecule has 5 nitrogen and oxygen atoms in total. The van der Waals surface area contributed by atoms with Gasteiger partial charge in [0.25, 0.3) is 0 Å². The molecule has 0 amide bonds. The van der Waals surface area contributed by atoms with Crippen molar-refractivity contribution < 1.29 is 8.42 Å². The molecule has 0 aromatic heterocycles. The number of sulfonamides is 1. The minimum absolute atomic E-state index is 0.282. The third-order valence-electron chi connectivity index (χ3n) is 2.84. The van der Waals surface area contributed by atoms with Crippen molar-refractivity contribution in [2.75, 3.05) is 27.2 Å². The normalized spacial score (nSPS) is 28.3. The van der Waals surface area contributed by atoms with Gasteiger partial charge in [-0.25, -0.2) is 13.6 Å². The van der Waals surface area contributed by atoms with Crippen LogP contribution in [0.15, 0.2) is 0 Å². The first-order chi connectivity index (χ1) is 6.89. The monoisotopic (exact) mass is 235 g/mol. The summed E-state index contributed by atoms with van der Waals surface area (Å²) in [7, 11) is 0.677. The summed E-state index contributed by atoms with van der Waals surface area (Å²) in [6.45, 7) is 1.72. The van der Waals surface area contributed by atoms with Gasteiger partial charge in [0.05, 0.1) is 5.25 Å².